The van der Waals surface area contributed by atoms with Crippen LogP contribution in [-0.2, 0) is 4.79 Å². The van der Waals surface area contributed by atoms with Crippen molar-refractivity contribution >= 4 is 24.0 Å². The fraction of sp³-hybridized carbons (Fsp3) is 0.639. The number of thioether (sulfide) groups is 1. The summed E-state index contributed by atoms with van der Waals surface area (Å²) in [5, 5.41) is 2.82. The summed E-state index contributed by atoms with van der Waals surface area (Å²) in [6.07, 6.45) is 27.7. The lowest BCUT2D eigenvalue weighted by Gasteiger charge is -2.25. The Labute approximate surface area is 263 Å². The van der Waals surface area contributed by atoms with E-state index in [9.17, 15) is 14.0 Å². The Bertz CT molecular complexity index is 845. The number of allylic oxidation sites excluding steroid dienone is 5. The van der Waals surface area contributed by atoms with E-state index in [4.69, 9.17) is 0 Å². The second-order valence-corrected chi connectivity index (χ2v) is 11.7. The van der Waals surface area contributed by atoms with E-state index in [2.05, 4.69) is 69.7 Å². The van der Waals surface area contributed by atoms with Gasteiger partial charge in [0.05, 0.1) is 6.20 Å². The maximum absolute atomic E-state index is 12.5. The molecule has 1 aliphatic rings. The van der Waals surface area contributed by atoms with E-state index in [1.165, 1.54) is 70.8 Å². The zero-order valence-corrected chi connectivity index (χ0v) is 29.4. The molecule has 1 heterocycles. The summed E-state index contributed by atoms with van der Waals surface area (Å²) in [6, 6.07) is 1.67. The number of pyridine rings is 1. The summed E-state index contributed by atoms with van der Waals surface area (Å²) >= 11 is 1.75. The molecule has 1 saturated carbocycles. The fourth-order valence-electron chi connectivity index (χ4n) is 3.73. The zero-order chi connectivity index (χ0) is 32.8. The Morgan fingerprint density at radius 3 is 2.12 bits per heavy atom. The molecule has 242 valence electrons. The van der Waals surface area contributed by atoms with Crippen LogP contribution < -0.4 is 5.32 Å². The van der Waals surface area contributed by atoms with Crippen LogP contribution in [0.15, 0.2) is 49.2 Å². The van der Waals surface area contributed by atoms with Gasteiger partial charge in [0, 0.05) is 17.3 Å². The zero-order valence-electron chi connectivity index (χ0n) is 28.5. The number of Topliss-reactive ketones (excluding diaryl/α,β-unsaturated/α-hetero) is 1. The number of carbonyl (C=O) groups excluding carboxylic acids is 2. The van der Waals surface area contributed by atoms with Crippen LogP contribution in [0, 0.1) is 30.5 Å². The van der Waals surface area contributed by atoms with Crippen LogP contribution in [0.25, 0.3) is 0 Å². The summed E-state index contributed by atoms with van der Waals surface area (Å²) in [6.45, 7) is 20.1. The summed E-state index contributed by atoms with van der Waals surface area (Å²) in [5.41, 5.74) is 0.920. The number of aryl methyl sites for hydroxylation is 1. The Hall–Kier alpha value is -2.21. The summed E-state index contributed by atoms with van der Waals surface area (Å²) in [4.78, 5) is 24.6. The first-order chi connectivity index (χ1) is 20.0. The van der Waals surface area contributed by atoms with E-state index in [0.717, 1.165) is 24.4 Å². The number of hydrogen-bond donors (Lipinski definition) is 1. The van der Waals surface area contributed by atoms with E-state index in [-0.39, 0.29) is 5.78 Å². The minimum Gasteiger partial charge on any atom is -0.356 e. The monoisotopic (exact) mass is 606 g/mol. The second-order valence-electron chi connectivity index (χ2n) is 10.9. The minimum absolute atomic E-state index is 0.158. The number of amides is 1. The van der Waals surface area contributed by atoms with Gasteiger partial charge in [-0.2, -0.15) is 11.8 Å². The van der Waals surface area contributed by atoms with E-state index < -0.39 is 5.82 Å². The molecule has 0 saturated heterocycles. The lowest BCUT2D eigenvalue weighted by atomic mass is 9.87. The standard InChI is InChI=1S/C12H20.C8H8FNO.C8H15NO.C6H14.C2H6S/c1-4-7-9-11-12(6-3)10-8-5-2;1-5-8(6(2)11)3-7(9)4-10-5;1-7-2-4-8(5-3-7)9-6-10;1-4-6(3)5-2;1-3-2/h4,6-7,9,11-12H,3,5,8,10H2,1-2H3;3-4H,1-2H3;6-8H,2-5H2,1H3,(H,9,10);6H,4-5H2,1-3H3;1-2H3/b7-4-,11-9?;;;;. The van der Waals surface area contributed by atoms with Gasteiger partial charge in [-0.15, -0.1) is 6.58 Å². The predicted octanol–water partition coefficient (Wildman–Crippen LogP) is 10.6. The van der Waals surface area contributed by atoms with Gasteiger partial charge in [0.2, 0.25) is 6.41 Å². The van der Waals surface area contributed by atoms with Crippen molar-refractivity contribution in [3.05, 3.63) is 66.3 Å². The second kappa shape index (κ2) is 31.7. The van der Waals surface area contributed by atoms with Crippen LogP contribution in [0.1, 0.15) is 122 Å². The summed E-state index contributed by atoms with van der Waals surface area (Å²) < 4.78 is 12.5. The molecule has 0 aromatic carbocycles. The topological polar surface area (TPSA) is 59.1 Å². The molecule has 1 N–H and O–H groups in total. The molecular weight excluding hydrogens is 543 g/mol. The number of ketones is 1. The summed E-state index contributed by atoms with van der Waals surface area (Å²) in [5.74, 6) is 1.73. The molecule has 1 aliphatic carbocycles. The van der Waals surface area contributed by atoms with Gasteiger partial charge in [0.15, 0.2) is 5.78 Å². The van der Waals surface area contributed by atoms with Gasteiger partial charge < -0.3 is 5.32 Å². The summed E-state index contributed by atoms with van der Waals surface area (Å²) in [7, 11) is 0. The highest BCUT2D eigenvalue weighted by molar-refractivity contribution is 7.97. The van der Waals surface area contributed by atoms with Crippen molar-refractivity contribution in [3.8, 4) is 0 Å². The number of carbonyl (C=O) groups is 2. The van der Waals surface area contributed by atoms with Gasteiger partial charge in [-0.1, -0.05) is 90.7 Å². The van der Waals surface area contributed by atoms with E-state index in [0.29, 0.717) is 23.2 Å². The molecule has 0 bridgehead atoms. The maximum atomic E-state index is 12.5. The SMILES string of the molecule is C=CC(C=C/C=C\C)CCCC.CC(=O)c1cc(F)cnc1C.CC1CCC(NC=O)CC1.CCC(C)CC.CSC. The van der Waals surface area contributed by atoms with Crippen molar-refractivity contribution in [1.29, 1.82) is 0 Å². The van der Waals surface area contributed by atoms with Gasteiger partial charge in [-0.3, -0.25) is 14.6 Å². The smallest absolute Gasteiger partial charge is 0.207 e. The average molecular weight is 607 g/mol. The van der Waals surface area contributed by atoms with Gasteiger partial charge >= 0.3 is 0 Å². The molecule has 1 fully saturated rings. The van der Waals surface area contributed by atoms with Gasteiger partial charge in [-0.25, -0.2) is 4.39 Å². The number of nitrogens with one attached hydrogen (secondary N) is 1. The quantitative estimate of drug-likeness (QED) is 0.118. The number of halogens is 1. The molecule has 4 nitrogen and oxygen atoms in total. The van der Waals surface area contributed by atoms with Crippen LogP contribution in [0.2, 0.25) is 0 Å². The highest BCUT2D eigenvalue weighted by atomic mass is 32.2. The third-order valence-corrected chi connectivity index (χ3v) is 7.00. The van der Waals surface area contributed by atoms with Gasteiger partial charge in [0.1, 0.15) is 5.82 Å². The first kappa shape index (κ1) is 44.2. The Morgan fingerprint density at radius 1 is 1.17 bits per heavy atom. The molecule has 42 heavy (non-hydrogen) atoms. The number of unbranched alkanes of at least 4 members (excludes halogenated alkanes) is 1. The molecule has 0 radical (unpaired) electrons. The van der Waals surface area contributed by atoms with Crippen molar-refractivity contribution < 1.29 is 14.0 Å². The molecule has 0 spiro atoms. The lowest BCUT2D eigenvalue weighted by molar-refractivity contribution is -0.110. The Morgan fingerprint density at radius 2 is 1.74 bits per heavy atom. The van der Waals surface area contributed by atoms with Crippen molar-refractivity contribution in [2.75, 3.05) is 12.5 Å². The van der Waals surface area contributed by atoms with Gasteiger partial charge in [0.25, 0.3) is 0 Å². The van der Waals surface area contributed by atoms with Crippen molar-refractivity contribution in [3.63, 3.8) is 0 Å². The van der Waals surface area contributed by atoms with Crippen LogP contribution in [0.5, 0.6) is 0 Å². The van der Waals surface area contributed by atoms with Crippen molar-refractivity contribution in [2.24, 2.45) is 17.8 Å². The van der Waals surface area contributed by atoms with Crippen LogP contribution in [-0.4, -0.2) is 35.7 Å². The van der Waals surface area contributed by atoms with E-state index in [1.807, 2.05) is 31.6 Å². The number of aromatic nitrogens is 1. The fourth-order valence-corrected chi connectivity index (χ4v) is 3.73. The molecule has 2 rings (SSSR count). The van der Waals surface area contributed by atoms with Crippen LogP contribution in [0.4, 0.5) is 4.39 Å². The molecule has 1 atom stereocenters. The molecule has 1 amide bonds. The van der Waals surface area contributed by atoms with Crippen LogP contribution in [0.3, 0.4) is 0 Å². The molecule has 0 aliphatic heterocycles. The van der Waals surface area contributed by atoms with E-state index >= 15 is 0 Å². The number of hydrogen-bond acceptors (Lipinski definition) is 4. The van der Waals surface area contributed by atoms with Crippen LogP contribution >= 0.6 is 11.8 Å². The molecule has 1 unspecified atom stereocenters. The Kier molecular flexibility index (Phi) is 33.4. The first-order valence-electron chi connectivity index (χ1n) is 15.7. The third-order valence-electron chi connectivity index (χ3n) is 7.00. The highest BCUT2D eigenvalue weighted by Crippen LogP contribution is 2.22. The largest absolute Gasteiger partial charge is 0.356 e. The van der Waals surface area contributed by atoms with Crippen molar-refractivity contribution in [1.82, 2.24) is 10.3 Å². The number of rotatable bonds is 11. The predicted molar refractivity (Wildman–Crippen MR) is 186 cm³/mol. The Balaban J connectivity index is -0.000000477. The van der Waals surface area contributed by atoms with Gasteiger partial charge in [-0.05, 0) is 89.2 Å². The van der Waals surface area contributed by atoms with E-state index in [1.54, 1.807) is 18.7 Å². The molecule has 6 heteroatoms. The lowest BCUT2D eigenvalue weighted by Crippen LogP contribution is -2.31. The highest BCUT2D eigenvalue weighted by Gasteiger charge is 2.16. The van der Waals surface area contributed by atoms with Crippen molar-refractivity contribution in [2.45, 2.75) is 119 Å². The molecule has 1 aromatic rings. The minimum atomic E-state index is -0.471. The maximum Gasteiger partial charge on any atom is 0.207 e. The normalized spacial score (nSPS) is 16.4. The average Bonchev–Trinajstić information content (AvgIpc) is 2.98. The third kappa shape index (κ3) is 27.9. The molecular formula is C36H63FN2O2S. The molecule has 1 aromatic heterocycles. The number of nitrogens with zero attached hydrogens (tertiary/aromatic N) is 1. The first-order valence-corrected chi connectivity index (χ1v) is 17.3.